The van der Waals surface area contributed by atoms with Crippen LogP contribution in [0.1, 0.15) is 12.5 Å². The van der Waals surface area contributed by atoms with E-state index in [2.05, 4.69) is 5.32 Å². The van der Waals surface area contributed by atoms with Crippen molar-refractivity contribution in [3.8, 4) is 5.75 Å². The molecule has 1 atom stereocenters. The lowest BCUT2D eigenvalue weighted by Gasteiger charge is -2.12. The maximum absolute atomic E-state index is 11.7. The largest absolute Gasteiger partial charge is 0.496 e. The Labute approximate surface area is 116 Å². The van der Waals surface area contributed by atoms with Gasteiger partial charge in [-0.25, -0.2) is 9.59 Å². The van der Waals surface area contributed by atoms with Crippen LogP contribution in [0.2, 0.25) is 0 Å². The molecule has 0 saturated heterocycles. The van der Waals surface area contributed by atoms with Gasteiger partial charge < -0.3 is 14.2 Å². The minimum atomic E-state index is -0.971. The molecule has 1 aromatic carbocycles. The molecule has 2 rings (SSSR count). The second-order valence-electron chi connectivity index (χ2n) is 4.34. The van der Waals surface area contributed by atoms with Crippen molar-refractivity contribution in [2.75, 3.05) is 12.4 Å². The van der Waals surface area contributed by atoms with Gasteiger partial charge in [0.15, 0.2) is 0 Å². The van der Waals surface area contributed by atoms with Crippen LogP contribution in [0, 0.1) is 6.92 Å². The molecule has 6 nitrogen and oxygen atoms in total. The molecule has 1 unspecified atom stereocenters. The van der Waals surface area contributed by atoms with Gasteiger partial charge in [-0.2, -0.15) is 0 Å². The van der Waals surface area contributed by atoms with Crippen molar-refractivity contribution in [3.63, 3.8) is 0 Å². The molecule has 20 heavy (non-hydrogen) atoms. The van der Waals surface area contributed by atoms with Crippen LogP contribution in [0.15, 0.2) is 29.8 Å². The Morgan fingerprint density at radius 3 is 2.65 bits per heavy atom. The summed E-state index contributed by atoms with van der Waals surface area (Å²) in [5.41, 5.74) is 1.87. The Morgan fingerprint density at radius 1 is 1.35 bits per heavy atom. The summed E-state index contributed by atoms with van der Waals surface area (Å²) in [5, 5.41) is 2.55. The van der Waals surface area contributed by atoms with E-state index in [9.17, 15) is 9.59 Å². The van der Waals surface area contributed by atoms with Crippen LogP contribution in [-0.2, 0) is 14.3 Å². The van der Waals surface area contributed by atoms with E-state index in [0.717, 1.165) is 11.3 Å². The average molecular weight is 277 g/mol. The van der Waals surface area contributed by atoms with E-state index in [1.54, 1.807) is 32.2 Å². The van der Waals surface area contributed by atoms with Crippen LogP contribution in [0.5, 0.6) is 5.75 Å². The quantitative estimate of drug-likeness (QED) is 0.859. The topological polar surface area (TPSA) is 73.9 Å². The number of hydrogen-bond acceptors (Lipinski definition) is 5. The molecule has 106 valence electrons. The number of rotatable bonds is 3. The summed E-state index contributed by atoms with van der Waals surface area (Å²) < 4.78 is 14.9. The molecule has 1 amide bonds. The first-order valence-corrected chi connectivity index (χ1v) is 6.01. The van der Waals surface area contributed by atoms with Crippen molar-refractivity contribution in [1.82, 2.24) is 0 Å². The number of carbonyl (C=O) groups is 2. The first-order chi connectivity index (χ1) is 9.49. The standard InChI is InChI=1S/C14H15NO5/c1-8-6-10(4-5-11(8)18-3)15-14(17)20-12-7-9(2)13(16)19-12/h4-7,12H,1-3H3,(H,15,17). The highest BCUT2D eigenvalue weighted by atomic mass is 16.7. The van der Waals surface area contributed by atoms with Gasteiger partial charge in [-0.1, -0.05) is 0 Å². The Hall–Kier alpha value is -2.50. The predicted molar refractivity (Wildman–Crippen MR) is 71.5 cm³/mol. The van der Waals surface area contributed by atoms with E-state index in [-0.39, 0.29) is 0 Å². The molecule has 1 aromatic rings. The Morgan fingerprint density at radius 2 is 2.10 bits per heavy atom. The van der Waals surface area contributed by atoms with Crippen LogP contribution in [0.25, 0.3) is 0 Å². The van der Waals surface area contributed by atoms with Crippen molar-refractivity contribution in [3.05, 3.63) is 35.4 Å². The SMILES string of the molecule is COc1ccc(NC(=O)OC2C=C(C)C(=O)O2)cc1C. The number of carbonyl (C=O) groups excluding carboxylic acids is 2. The van der Waals surface area contributed by atoms with Gasteiger partial charge in [-0.05, 0) is 37.6 Å². The van der Waals surface area contributed by atoms with E-state index in [4.69, 9.17) is 14.2 Å². The summed E-state index contributed by atoms with van der Waals surface area (Å²) in [6, 6.07) is 5.18. The summed E-state index contributed by atoms with van der Waals surface area (Å²) in [5.74, 6) is 0.246. The van der Waals surface area contributed by atoms with Crippen molar-refractivity contribution < 1.29 is 23.8 Å². The van der Waals surface area contributed by atoms with Crippen molar-refractivity contribution in [1.29, 1.82) is 0 Å². The zero-order valence-electron chi connectivity index (χ0n) is 11.4. The van der Waals surface area contributed by atoms with Gasteiger partial charge in [-0.3, -0.25) is 5.32 Å². The lowest BCUT2D eigenvalue weighted by atomic mass is 10.2. The third-order valence-electron chi connectivity index (χ3n) is 2.80. The summed E-state index contributed by atoms with van der Waals surface area (Å²) in [7, 11) is 1.58. The van der Waals surface area contributed by atoms with Gasteiger partial charge in [0.05, 0.1) is 7.11 Å². The van der Waals surface area contributed by atoms with E-state index >= 15 is 0 Å². The van der Waals surface area contributed by atoms with E-state index in [0.29, 0.717) is 11.3 Å². The minimum Gasteiger partial charge on any atom is -0.496 e. The normalized spacial score (nSPS) is 17.2. The molecule has 0 fully saturated rings. The molecule has 0 bridgehead atoms. The first-order valence-electron chi connectivity index (χ1n) is 6.01. The van der Waals surface area contributed by atoms with Crippen LogP contribution in [0.3, 0.4) is 0 Å². The molecule has 0 aromatic heterocycles. The summed E-state index contributed by atoms with van der Waals surface area (Å²) in [4.78, 5) is 22.8. The van der Waals surface area contributed by atoms with E-state index in [1.807, 2.05) is 6.92 Å². The number of amides is 1. The number of hydrogen-bond donors (Lipinski definition) is 1. The average Bonchev–Trinajstić information content (AvgIpc) is 2.68. The van der Waals surface area contributed by atoms with Gasteiger partial charge in [0.25, 0.3) is 6.29 Å². The number of benzene rings is 1. The van der Waals surface area contributed by atoms with Crippen LogP contribution in [0.4, 0.5) is 10.5 Å². The molecule has 0 aliphatic carbocycles. The first kappa shape index (κ1) is 13.9. The second kappa shape index (κ2) is 5.64. The lowest BCUT2D eigenvalue weighted by Crippen LogP contribution is -2.22. The monoisotopic (exact) mass is 277 g/mol. The molecule has 1 aliphatic heterocycles. The smallest absolute Gasteiger partial charge is 0.414 e. The molecule has 1 heterocycles. The van der Waals surface area contributed by atoms with Crippen LogP contribution >= 0.6 is 0 Å². The number of anilines is 1. The predicted octanol–water partition coefficient (Wildman–Crippen LogP) is 2.38. The highest BCUT2D eigenvalue weighted by Crippen LogP contribution is 2.22. The summed E-state index contributed by atoms with van der Waals surface area (Å²) in [6.07, 6.45) is -0.221. The molecule has 1 N–H and O–H groups in total. The van der Waals surface area contributed by atoms with E-state index in [1.165, 1.54) is 6.08 Å². The molecule has 0 saturated carbocycles. The van der Waals surface area contributed by atoms with Gasteiger partial charge in [-0.15, -0.1) is 0 Å². The number of esters is 1. The Bertz CT molecular complexity index is 579. The zero-order valence-corrected chi connectivity index (χ0v) is 11.4. The maximum atomic E-state index is 11.7. The number of cyclic esters (lactones) is 1. The molecule has 0 radical (unpaired) electrons. The van der Waals surface area contributed by atoms with Gasteiger partial charge >= 0.3 is 12.1 Å². The zero-order chi connectivity index (χ0) is 14.7. The van der Waals surface area contributed by atoms with Gasteiger partial charge in [0.1, 0.15) is 5.75 Å². The highest BCUT2D eigenvalue weighted by Gasteiger charge is 2.25. The van der Waals surface area contributed by atoms with Gasteiger partial charge in [0.2, 0.25) is 0 Å². The number of aryl methyl sites for hydroxylation is 1. The minimum absolute atomic E-state index is 0.420. The third kappa shape index (κ3) is 3.09. The fourth-order valence-corrected chi connectivity index (χ4v) is 1.77. The number of ether oxygens (including phenoxy) is 3. The van der Waals surface area contributed by atoms with Crippen LogP contribution < -0.4 is 10.1 Å². The number of methoxy groups -OCH3 is 1. The molecule has 1 aliphatic rings. The summed E-state index contributed by atoms with van der Waals surface area (Å²) in [6.45, 7) is 3.45. The third-order valence-corrected chi connectivity index (χ3v) is 2.80. The Balaban J connectivity index is 1.95. The number of nitrogens with one attached hydrogen (secondary N) is 1. The Kier molecular flexibility index (Phi) is 3.93. The fourth-order valence-electron chi connectivity index (χ4n) is 1.77. The van der Waals surface area contributed by atoms with Gasteiger partial charge in [0, 0.05) is 17.3 Å². The molecular weight excluding hydrogens is 262 g/mol. The molecule has 6 heteroatoms. The second-order valence-corrected chi connectivity index (χ2v) is 4.34. The fraction of sp³-hybridized carbons (Fsp3) is 0.286. The highest BCUT2D eigenvalue weighted by molar-refractivity contribution is 5.91. The lowest BCUT2D eigenvalue weighted by molar-refractivity contribution is -0.150. The molecular formula is C14H15NO5. The van der Waals surface area contributed by atoms with E-state index < -0.39 is 18.4 Å². The molecule has 0 spiro atoms. The van der Waals surface area contributed by atoms with Crippen molar-refractivity contribution >= 4 is 17.7 Å². The van der Waals surface area contributed by atoms with Crippen LogP contribution in [-0.4, -0.2) is 25.5 Å². The van der Waals surface area contributed by atoms with Crippen molar-refractivity contribution in [2.45, 2.75) is 20.1 Å². The maximum Gasteiger partial charge on any atom is 0.414 e. The van der Waals surface area contributed by atoms with Crippen molar-refractivity contribution in [2.24, 2.45) is 0 Å². The summed E-state index contributed by atoms with van der Waals surface area (Å²) >= 11 is 0.